The Labute approximate surface area is 128 Å². The molecule has 1 fully saturated rings. The average molecular weight is 294 g/mol. The van der Waals surface area contributed by atoms with Crippen molar-refractivity contribution in [2.75, 3.05) is 6.61 Å². The summed E-state index contributed by atoms with van der Waals surface area (Å²) in [5.74, 6) is 0.296. The number of carbonyl (C=O) groups is 1. The minimum Gasteiger partial charge on any atom is -0.466 e. The Morgan fingerprint density at radius 3 is 2.43 bits per heavy atom. The molecular formula is C16H27BO4. The van der Waals surface area contributed by atoms with Crippen LogP contribution in [0.5, 0.6) is 0 Å². The molecule has 0 spiro atoms. The molecule has 0 amide bonds. The van der Waals surface area contributed by atoms with Gasteiger partial charge < -0.3 is 14.0 Å². The lowest BCUT2D eigenvalue weighted by molar-refractivity contribution is -0.144. The zero-order chi connectivity index (χ0) is 15.7. The molecule has 1 aliphatic heterocycles. The number of ether oxygens (including phenoxy) is 1. The third-order valence-electron chi connectivity index (χ3n) is 4.87. The van der Waals surface area contributed by atoms with E-state index in [-0.39, 0.29) is 24.3 Å². The quantitative estimate of drug-likeness (QED) is 0.589. The summed E-state index contributed by atoms with van der Waals surface area (Å²) in [5.41, 5.74) is 0.634. The van der Waals surface area contributed by atoms with E-state index < -0.39 is 0 Å². The lowest BCUT2D eigenvalue weighted by atomic mass is 9.70. The zero-order valence-electron chi connectivity index (χ0n) is 13.9. The van der Waals surface area contributed by atoms with Crippen LogP contribution in [0.1, 0.15) is 60.3 Å². The maximum absolute atomic E-state index is 11.5. The first-order valence-electron chi connectivity index (χ1n) is 7.95. The summed E-state index contributed by atoms with van der Waals surface area (Å²) in [4.78, 5) is 11.5. The molecule has 0 radical (unpaired) electrons. The van der Waals surface area contributed by atoms with Gasteiger partial charge in [-0.2, -0.15) is 0 Å². The van der Waals surface area contributed by atoms with Crippen LogP contribution >= 0.6 is 0 Å². The van der Waals surface area contributed by atoms with Crippen LogP contribution in [0.2, 0.25) is 0 Å². The van der Waals surface area contributed by atoms with Crippen molar-refractivity contribution in [2.24, 2.45) is 5.92 Å². The molecule has 118 valence electrons. The second-order valence-electron chi connectivity index (χ2n) is 7.02. The highest BCUT2D eigenvalue weighted by Gasteiger charge is 2.52. The van der Waals surface area contributed by atoms with Gasteiger partial charge in [-0.25, -0.2) is 0 Å². The Hall–Kier alpha value is -0.805. The first kappa shape index (κ1) is 16.6. The highest BCUT2D eigenvalue weighted by molar-refractivity contribution is 6.54. The zero-order valence-corrected chi connectivity index (χ0v) is 13.9. The summed E-state index contributed by atoms with van der Waals surface area (Å²) >= 11 is 0. The number of hydrogen-bond acceptors (Lipinski definition) is 4. The largest absolute Gasteiger partial charge is 0.490 e. The molecule has 2 aliphatic rings. The third kappa shape index (κ3) is 3.69. The van der Waals surface area contributed by atoms with Crippen LogP contribution in [0, 0.1) is 5.92 Å². The van der Waals surface area contributed by atoms with Crippen molar-refractivity contribution in [1.29, 1.82) is 0 Å². The van der Waals surface area contributed by atoms with Crippen molar-refractivity contribution < 1.29 is 18.8 Å². The molecular weight excluding hydrogens is 267 g/mol. The fourth-order valence-corrected chi connectivity index (χ4v) is 2.76. The number of hydrogen-bond donors (Lipinski definition) is 0. The van der Waals surface area contributed by atoms with Crippen LogP contribution in [0.4, 0.5) is 0 Å². The average Bonchev–Trinajstić information content (AvgIpc) is 2.59. The number of allylic oxidation sites excluding steroid dienone is 2. The van der Waals surface area contributed by atoms with Crippen LogP contribution < -0.4 is 0 Å². The smallest absolute Gasteiger partial charge is 0.466 e. The lowest BCUT2D eigenvalue weighted by Crippen LogP contribution is -2.41. The summed E-state index contributed by atoms with van der Waals surface area (Å²) in [6, 6.07) is 0. The van der Waals surface area contributed by atoms with E-state index >= 15 is 0 Å². The fourth-order valence-electron chi connectivity index (χ4n) is 2.76. The summed E-state index contributed by atoms with van der Waals surface area (Å²) in [6.45, 7) is 10.6. The summed E-state index contributed by atoms with van der Waals surface area (Å²) in [6.07, 6.45) is 5.53. The number of rotatable bonds is 4. The van der Waals surface area contributed by atoms with E-state index in [1.807, 2.05) is 6.92 Å². The van der Waals surface area contributed by atoms with E-state index in [1.54, 1.807) is 0 Å². The van der Waals surface area contributed by atoms with E-state index in [0.29, 0.717) is 18.9 Å². The summed E-state index contributed by atoms with van der Waals surface area (Å²) in [5, 5.41) is 0. The maximum Gasteiger partial charge on any atom is 0.490 e. The second kappa shape index (κ2) is 6.13. The highest BCUT2D eigenvalue weighted by atomic mass is 16.7. The van der Waals surface area contributed by atoms with Gasteiger partial charge in [0.25, 0.3) is 0 Å². The molecule has 1 atom stereocenters. The molecule has 0 aromatic rings. The van der Waals surface area contributed by atoms with Crippen molar-refractivity contribution in [3.05, 3.63) is 11.5 Å². The van der Waals surface area contributed by atoms with Crippen molar-refractivity contribution in [1.82, 2.24) is 0 Å². The van der Waals surface area contributed by atoms with Gasteiger partial charge in [-0.05, 0) is 65.3 Å². The molecule has 0 aromatic heterocycles. The molecule has 1 aliphatic carbocycles. The van der Waals surface area contributed by atoms with Gasteiger partial charge in [-0.15, -0.1) is 0 Å². The van der Waals surface area contributed by atoms with Crippen molar-refractivity contribution >= 4 is 13.1 Å². The van der Waals surface area contributed by atoms with E-state index in [4.69, 9.17) is 14.0 Å². The Morgan fingerprint density at radius 2 is 1.95 bits per heavy atom. The SMILES string of the molecule is CCOC(=O)C[C@H]1CC=C(B2OC(C)(C)C(C)(C)O2)CC1. The molecule has 1 heterocycles. The van der Waals surface area contributed by atoms with Crippen LogP contribution in [0.3, 0.4) is 0 Å². The van der Waals surface area contributed by atoms with Gasteiger partial charge in [0.15, 0.2) is 0 Å². The van der Waals surface area contributed by atoms with Gasteiger partial charge in [0, 0.05) is 6.42 Å². The number of carbonyl (C=O) groups excluding carboxylic acids is 1. The van der Waals surface area contributed by atoms with Gasteiger partial charge in [0.2, 0.25) is 0 Å². The maximum atomic E-state index is 11.5. The van der Waals surface area contributed by atoms with Gasteiger partial charge >= 0.3 is 13.1 Å². The van der Waals surface area contributed by atoms with Crippen LogP contribution in [-0.4, -0.2) is 30.9 Å². The van der Waals surface area contributed by atoms with Gasteiger partial charge in [0.1, 0.15) is 0 Å². The lowest BCUT2D eigenvalue weighted by Gasteiger charge is -2.32. The molecule has 1 saturated heterocycles. The highest BCUT2D eigenvalue weighted by Crippen LogP contribution is 2.40. The van der Waals surface area contributed by atoms with Crippen molar-refractivity contribution in [2.45, 2.75) is 71.5 Å². The molecule has 0 bridgehead atoms. The minimum absolute atomic E-state index is 0.0880. The molecule has 4 nitrogen and oxygen atoms in total. The Bertz CT molecular complexity index is 412. The second-order valence-corrected chi connectivity index (χ2v) is 7.02. The van der Waals surface area contributed by atoms with E-state index in [9.17, 15) is 4.79 Å². The predicted octanol–water partition coefficient (Wildman–Crippen LogP) is 3.30. The Kier molecular flexibility index (Phi) is 4.84. The Balaban J connectivity index is 1.91. The third-order valence-corrected chi connectivity index (χ3v) is 4.87. The molecule has 0 saturated carbocycles. The van der Waals surface area contributed by atoms with Gasteiger partial charge in [0.05, 0.1) is 17.8 Å². The first-order valence-corrected chi connectivity index (χ1v) is 7.95. The van der Waals surface area contributed by atoms with Gasteiger partial charge in [-0.1, -0.05) is 6.08 Å². The molecule has 0 N–H and O–H groups in total. The summed E-state index contributed by atoms with van der Waals surface area (Å²) < 4.78 is 17.2. The minimum atomic E-state index is -0.291. The first-order chi connectivity index (χ1) is 9.75. The van der Waals surface area contributed by atoms with Crippen molar-refractivity contribution in [3.63, 3.8) is 0 Å². The van der Waals surface area contributed by atoms with Crippen LogP contribution in [0.15, 0.2) is 11.5 Å². The van der Waals surface area contributed by atoms with E-state index in [0.717, 1.165) is 19.3 Å². The van der Waals surface area contributed by atoms with Crippen molar-refractivity contribution in [3.8, 4) is 0 Å². The molecule has 0 aromatic carbocycles. The van der Waals surface area contributed by atoms with E-state index in [2.05, 4.69) is 33.8 Å². The van der Waals surface area contributed by atoms with Crippen LogP contribution in [-0.2, 0) is 18.8 Å². The molecule has 2 rings (SSSR count). The van der Waals surface area contributed by atoms with E-state index in [1.165, 1.54) is 5.47 Å². The molecule has 5 heteroatoms. The fraction of sp³-hybridized carbons (Fsp3) is 0.812. The standard InChI is InChI=1S/C16H27BO4/c1-6-19-14(18)11-12-7-9-13(10-8-12)17-20-15(2,3)16(4,5)21-17/h9,12H,6-8,10-11H2,1-5H3/t12-/m0/s1. The summed E-state index contributed by atoms with van der Waals surface area (Å²) in [7, 11) is -0.237. The Morgan fingerprint density at radius 1 is 1.33 bits per heavy atom. The monoisotopic (exact) mass is 294 g/mol. The molecule has 21 heavy (non-hydrogen) atoms. The van der Waals surface area contributed by atoms with Crippen LogP contribution in [0.25, 0.3) is 0 Å². The number of esters is 1. The topological polar surface area (TPSA) is 44.8 Å². The predicted molar refractivity (Wildman–Crippen MR) is 82.8 cm³/mol. The normalized spacial score (nSPS) is 27.4. The molecule has 0 unspecified atom stereocenters. The van der Waals surface area contributed by atoms with Gasteiger partial charge in [-0.3, -0.25) is 4.79 Å².